The van der Waals surface area contributed by atoms with Crippen LogP contribution in [0.1, 0.15) is 19.8 Å². The Balaban J connectivity index is 1.21. The number of hydrogen-bond acceptors (Lipinski definition) is 5. The fourth-order valence-electron chi connectivity index (χ4n) is 4.89. The summed E-state index contributed by atoms with van der Waals surface area (Å²) >= 11 is 11.7. The normalized spacial score (nSPS) is 18.6. The van der Waals surface area contributed by atoms with Gasteiger partial charge in [-0.15, -0.1) is 0 Å². The number of carbonyl (C=O) groups is 1. The molecule has 1 unspecified atom stereocenters. The van der Waals surface area contributed by atoms with Crippen molar-refractivity contribution in [1.82, 2.24) is 9.80 Å². The molecule has 2 aliphatic heterocycles. The van der Waals surface area contributed by atoms with Crippen LogP contribution in [0, 0.1) is 5.92 Å². The van der Waals surface area contributed by atoms with Gasteiger partial charge in [0.25, 0.3) is 0 Å². The van der Waals surface area contributed by atoms with E-state index in [4.69, 9.17) is 23.2 Å². The molecule has 0 aromatic heterocycles. The zero-order valence-electron chi connectivity index (χ0n) is 20.6. The monoisotopic (exact) mass is 574 g/mol. The van der Waals surface area contributed by atoms with Gasteiger partial charge in [-0.2, -0.15) is 13.2 Å². The Labute approximate surface area is 230 Å². The van der Waals surface area contributed by atoms with E-state index in [9.17, 15) is 18.0 Å². The van der Waals surface area contributed by atoms with E-state index >= 15 is 0 Å². The molecule has 2 aromatic rings. The fourth-order valence-corrected chi connectivity index (χ4v) is 5.85. The van der Waals surface area contributed by atoms with Crippen LogP contribution in [-0.4, -0.2) is 73.1 Å². The van der Waals surface area contributed by atoms with Gasteiger partial charge in [-0.05, 0) is 67.1 Å². The summed E-state index contributed by atoms with van der Waals surface area (Å²) in [5, 5.41) is 4.12. The summed E-state index contributed by atoms with van der Waals surface area (Å²) in [5.74, 6) is 0.0683. The molecule has 11 heteroatoms. The molecule has 1 amide bonds. The van der Waals surface area contributed by atoms with Gasteiger partial charge in [0, 0.05) is 79.1 Å². The van der Waals surface area contributed by atoms with Crippen LogP contribution >= 0.6 is 35.0 Å². The molecule has 4 rings (SSSR count). The van der Waals surface area contributed by atoms with Crippen molar-refractivity contribution in [3.8, 4) is 0 Å². The minimum Gasteiger partial charge on any atom is -0.382 e. The zero-order chi connectivity index (χ0) is 26.6. The molecule has 2 heterocycles. The second-order valence-corrected chi connectivity index (χ2v) is 11.6. The van der Waals surface area contributed by atoms with Crippen molar-refractivity contribution >= 4 is 52.2 Å². The average Bonchev–Trinajstić information content (AvgIpc) is 2.86. The van der Waals surface area contributed by atoms with Crippen LogP contribution in [0.4, 0.5) is 24.5 Å². The number of alkyl halides is 3. The molecule has 5 nitrogen and oxygen atoms in total. The Kier molecular flexibility index (Phi) is 9.43. The van der Waals surface area contributed by atoms with Crippen LogP contribution in [0.2, 0.25) is 10.0 Å². The molecule has 1 N–H and O–H groups in total. The SMILES string of the molecule is CC(CN1CCN(c2ccc(Cl)cc2)CC1)C(=O)N1CCC(Nc2ccc(Cl)c(SC(F)(F)F)c2)CC1. The maximum absolute atomic E-state index is 13.1. The van der Waals surface area contributed by atoms with Gasteiger partial charge in [-0.25, -0.2) is 0 Å². The smallest absolute Gasteiger partial charge is 0.382 e. The van der Waals surface area contributed by atoms with Crippen molar-refractivity contribution in [3.63, 3.8) is 0 Å². The summed E-state index contributed by atoms with van der Waals surface area (Å²) in [5.41, 5.74) is -2.62. The van der Waals surface area contributed by atoms with Gasteiger partial charge in [0.05, 0.1) is 5.02 Å². The van der Waals surface area contributed by atoms with E-state index in [0.29, 0.717) is 18.8 Å². The van der Waals surface area contributed by atoms with Gasteiger partial charge < -0.3 is 15.1 Å². The molecule has 2 aliphatic rings. The number of piperazine rings is 1. The molecule has 2 aromatic carbocycles. The van der Waals surface area contributed by atoms with Crippen LogP contribution < -0.4 is 10.2 Å². The van der Waals surface area contributed by atoms with Crippen molar-refractivity contribution in [2.45, 2.75) is 36.2 Å². The van der Waals surface area contributed by atoms with Gasteiger partial charge in [0.15, 0.2) is 0 Å². The molecule has 37 heavy (non-hydrogen) atoms. The third-order valence-electron chi connectivity index (χ3n) is 6.85. The largest absolute Gasteiger partial charge is 0.446 e. The van der Waals surface area contributed by atoms with E-state index in [1.165, 1.54) is 17.8 Å². The molecule has 0 radical (unpaired) electrons. The number of carbonyl (C=O) groups excluding carboxylic acids is 1. The Morgan fingerprint density at radius 3 is 2.30 bits per heavy atom. The van der Waals surface area contributed by atoms with Gasteiger partial charge in [0.1, 0.15) is 0 Å². The number of nitrogens with zero attached hydrogens (tertiary/aromatic N) is 3. The van der Waals surface area contributed by atoms with Crippen LogP contribution in [0.3, 0.4) is 0 Å². The van der Waals surface area contributed by atoms with Crippen molar-refractivity contribution in [1.29, 1.82) is 0 Å². The zero-order valence-corrected chi connectivity index (χ0v) is 22.9. The topological polar surface area (TPSA) is 38.8 Å². The highest BCUT2D eigenvalue weighted by Gasteiger charge is 2.31. The second kappa shape index (κ2) is 12.4. The fraction of sp³-hybridized carbons (Fsp3) is 0.500. The molecule has 0 aliphatic carbocycles. The van der Waals surface area contributed by atoms with Crippen LogP contribution in [-0.2, 0) is 4.79 Å². The van der Waals surface area contributed by atoms with Crippen molar-refractivity contribution in [3.05, 3.63) is 52.5 Å². The van der Waals surface area contributed by atoms with Crippen LogP contribution in [0.15, 0.2) is 47.4 Å². The first-order chi connectivity index (χ1) is 17.6. The molecule has 1 atom stereocenters. The summed E-state index contributed by atoms with van der Waals surface area (Å²) in [7, 11) is 0. The Morgan fingerprint density at radius 1 is 1.03 bits per heavy atom. The van der Waals surface area contributed by atoms with E-state index in [-0.39, 0.29) is 39.5 Å². The first-order valence-corrected chi connectivity index (χ1v) is 14.0. The van der Waals surface area contributed by atoms with Crippen molar-refractivity contribution in [2.24, 2.45) is 5.92 Å². The first-order valence-electron chi connectivity index (χ1n) is 12.4. The number of benzene rings is 2. The minimum atomic E-state index is -4.39. The molecular formula is C26H31Cl2F3N4OS. The van der Waals surface area contributed by atoms with Gasteiger partial charge in [-0.1, -0.05) is 30.1 Å². The van der Waals surface area contributed by atoms with Gasteiger partial charge >= 0.3 is 5.51 Å². The summed E-state index contributed by atoms with van der Waals surface area (Å²) in [6, 6.07) is 12.6. The van der Waals surface area contributed by atoms with Gasteiger partial charge in [0.2, 0.25) is 5.91 Å². The van der Waals surface area contributed by atoms with E-state index in [1.54, 1.807) is 6.07 Å². The predicted molar refractivity (Wildman–Crippen MR) is 146 cm³/mol. The molecule has 2 saturated heterocycles. The number of piperidine rings is 1. The number of amides is 1. The lowest BCUT2D eigenvalue weighted by Crippen LogP contribution is -2.50. The number of likely N-dealkylation sites (tertiary alicyclic amines) is 1. The highest BCUT2D eigenvalue weighted by molar-refractivity contribution is 8.00. The molecule has 0 bridgehead atoms. The average molecular weight is 576 g/mol. The Bertz CT molecular complexity index is 1060. The molecule has 0 saturated carbocycles. The van der Waals surface area contributed by atoms with E-state index in [0.717, 1.165) is 50.6 Å². The second-order valence-electron chi connectivity index (χ2n) is 9.60. The first kappa shape index (κ1) is 28.2. The van der Waals surface area contributed by atoms with E-state index in [2.05, 4.69) is 15.1 Å². The number of anilines is 2. The summed E-state index contributed by atoms with van der Waals surface area (Å²) in [6.45, 7) is 7.61. The maximum atomic E-state index is 13.1. The maximum Gasteiger partial charge on any atom is 0.446 e. The minimum absolute atomic E-state index is 0.0189. The molecule has 202 valence electrons. The highest BCUT2D eigenvalue weighted by Crippen LogP contribution is 2.41. The lowest BCUT2D eigenvalue weighted by molar-refractivity contribution is -0.136. The summed E-state index contributed by atoms with van der Waals surface area (Å²) in [6.07, 6.45) is 1.48. The van der Waals surface area contributed by atoms with Crippen LogP contribution in [0.5, 0.6) is 0 Å². The summed E-state index contributed by atoms with van der Waals surface area (Å²) < 4.78 is 38.3. The quantitative estimate of drug-likeness (QED) is 0.384. The number of nitrogens with one attached hydrogen (secondary N) is 1. The standard InChI is InChI=1S/C26H31Cl2F3N4OS/c1-18(17-33-12-14-34(15-13-33)22-5-2-19(27)3-6-22)25(36)35-10-8-20(9-11-35)32-21-4-7-23(28)24(16-21)37-26(29,30)31/h2-7,16,18,20,32H,8-15,17H2,1H3. The molecule has 2 fully saturated rings. The Hall–Kier alpha value is -1.81. The number of rotatable bonds is 7. The van der Waals surface area contributed by atoms with Crippen LogP contribution in [0.25, 0.3) is 0 Å². The highest BCUT2D eigenvalue weighted by atomic mass is 35.5. The number of hydrogen-bond donors (Lipinski definition) is 1. The summed E-state index contributed by atoms with van der Waals surface area (Å²) in [4.78, 5) is 19.7. The molecular weight excluding hydrogens is 544 g/mol. The van der Waals surface area contributed by atoms with E-state index < -0.39 is 5.51 Å². The third kappa shape index (κ3) is 8.09. The van der Waals surface area contributed by atoms with E-state index in [1.807, 2.05) is 36.1 Å². The Morgan fingerprint density at radius 2 is 1.68 bits per heavy atom. The number of halogens is 5. The number of thioether (sulfide) groups is 1. The van der Waals surface area contributed by atoms with Crippen molar-refractivity contribution in [2.75, 3.05) is 56.0 Å². The predicted octanol–water partition coefficient (Wildman–Crippen LogP) is 6.47. The van der Waals surface area contributed by atoms with Crippen molar-refractivity contribution < 1.29 is 18.0 Å². The molecule has 0 spiro atoms. The van der Waals surface area contributed by atoms with Gasteiger partial charge in [-0.3, -0.25) is 9.69 Å². The lowest BCUT2D eigenvalue weighted by Gasteiger charge is -2.38. The third-order valence-corrected chi connectivity index (χ3v) is 8.33. The lowest BCUT2D eigenvalue weighted by atomic mass is 10.0.